The average Bonchev–Trinajstić information content (AvgIpc) is 3.29. The highest BCUT2D eigenvalue weighted by Gasteiger charge is 2.24. The SMILES string of the molecule is CCC1CC(=O)NN=C1c1ccc2nc(-c3cccc(OCCN4CCC(N)CC4)c3)oc2c1. The number of nitrogens with two attached hydrogens (primary N) is 1. The molecule has 0 spiro atoms. The first-order valence-corrected chi connectivity index (χ1v) is 12.1. The first-order valence-electron chi connectivity index (χ1n) is 12.1. The lowest BCUT2D eigenvalue weighted by Crippen LogP contribution is -2.41. The zero-order valence-corrected chi connectivity index (χ0v) is 19.5. The van der Waals surface area contributed by atoms with Gasteiger partial charge in [-0.2, -0.15) is 5.10 Å². The number of hydrogen-bond donors (Lipinski definition) is 2. The molecule has 0 aliphatic carbocycles. The predicted molar refractivity (Wildman–Crippen MR) is 132 cm³/mol. The van der Waals surface area contributed by atoms with E-state index in [9.17, 15) is 4.79 Å². The molecule has 34 heavy (non-hydrogen) atoms. The van der Waals surface area contributed by atoms with Gasteiger partial charge < -0.3 is 14.9 Å². The highest BCUT2D eigenvalue weighted by atomic mass is 16.5. The number of hydrazone groups is 1. The standard InChI is InChI=1S/C26H31N5O3/c1-2-17-16-24(32)29-30-25(17)18-6-7-22-23(15-18)34-26(28-22)19-4-3-5-21(14-19)33-13-12-31-10-8-20(27)9-11-31/h3-7,14-15,17,20H,2,8-13,16,27H2,1H3,(H,29,32). The van der Waals surface area contributed by atoms with Gasteiger partial charge in [-0.1, -0.05) is 19.1 Å². The molecule has 0 radical (unpaired) electrons. The number of nitrogens with one attached hydrogen (secondary N) is 1. The van der Waals surface area contributed by atoms with E-state index in [1.807, 2.05) is 42.5 Å². The summed E-state index contributed by atoms with van der Waals surface area (Å²) in [5.74, 6) is 1.41. The van der Waals surface area contributed by atoms with Crippen LogP contribution in [-0.4, -0.2) is 53.8 Å². The van der Waals surface area contributed by atoms with Gasteiger partial charge in [0.25, 0.3) is 0 Å². The van der Waals surface area contributed by atoms with Crippen LogP contribution in [0.3, 0.4) is 0 Å². The number of aromatic nitrogens is 1. The van der Waals surface area contributed by atoms with Crippen LogP contribution < -0.4 is 15.9 Å². The minimum absolute atomic E-state index is 0.0409. The molecular weight excluding hydrogens is 430 g/mol. The van der Waals surface area contributed by atoms with E-state index in [4.69, 9.17) is 14.9 Å². The summed E-state index contributed by atoms with van der Waals surface area (Å²) in [7, 11) is 0. The summed E-state index contributed by atoms with van der Waals surface area (Å²) >= 11 is 0. The smallest absolute Gasteiger partial charge is 0.240 e. The number of fused-ring (bicyclic) bond motifs is 1. The fraction of sp³-hybridized carbons (Fsp3) is 0.423. The zero-order valence-electron chi connectivity index (χ0n) is 19.5. The topological polar surface area (TPSA) is 106 Å². The fourth-order valence-electron chi connectivity index (χ4n) is 4.61. The van der Waals surface area contributed by atoms with Crippen LogP contribution in [-0.2, 0) is 4.79 Å². The van der Waals surface area contributed by atoms with Gasteiger partial charge in [-0.05, 0) is 62.7 Å². The highest BCUT2D eigenvalue weighted by Crippen LogP contribution is 2.29. The molecular formula is C26H31N5O3. The van der Waals surface area contributed by atoms with Crippen molar-refractivity contribution >= 4 is 22.7 Å². The predicted octanol–water partition coefficient (Wildman–Crippen LogP) is 3.55. The molecule has 2 aliphatic heterocycles. The summed E-state index contributed by atoms with van der Waals surface area (Å²) in [5.41, 5.74) is 12.8. The third kappa shape index (κ3) is 4.98. The molecule has 1 fully saturated rings. The van der Waals surface area contributed by atoms with Crippen LogP contribution in [0.2, 0.25) is 0 Å². The quantitative estimate of drug-likeness (QED) is 0.557. The van der Waals surface area contributed by atoms with Crippen LogP contribution in [0.1, 0.15) is 38.2 Å². The molecule has 0 saturated carbocycles. The van der Waals surface area contributed by atoms with Gasteiger partial charge >= 0.3 is 0 Å². The molecule has 0 bridgehead atoms. The number of carbonyl (C=O) groups is 1. The van der Waals surface area contributed by atoms with Gasteiger partial charge in [-0.25, -0.2) is 10.4 Å². The maximum absolute atomic E-state index is 11.7. The molecule has 1 saturated heterocycles. The van der Waals surface area contributed by atoms with Crippen LogP contribution in [0.25, 0.3) is 22.6 Å². The molecule has 3 aromatic rings. The van der Waals surface area contributed by atoms with Crippen molar-refractivity contribution in [3.05, 3.63) is 48.0 Å². The van der Waals surface area contributed by atoms with E-state index in [-0.39, 0.29) is 11.8 Å². The number of carbonyl (C=O) groups excluding carboxylic acids is 1. The molecule has 1 unspecified atom stereocenters. The van der Waals surface area contributed by atoms with E-state index >= 15 is 0 Å². The Bertz CT molecular complexity index is 1200. The van der Waals surface area contributed by atoms with Gasteiger partial charge in [-0.15, -0.1) is 0 Å². The summed E-state index contributed by atoms with van der Waals surface area (Å²) in [6.45, 7) is 5.67. The van der Waals surface area contributed by atoms with E-state index in [0.29, 0.717) is 30.5 Å². The zero-order chi connectivity index (χ0) is 23.5. The van der Waals surface area contributed by atoms with Gasteiger partial charge in [0.1, 0.15) is 17.9 Å². The first kappa shape index (κ1) is 22.6. The van der Waals surface area contributed by atoms with E-state index in [2.05, 4.69) is 27.3 Å². The van der Waals surface area contributed by atoms with Crippen LogP contribution in [0.5, 0.6) is 5.75 Å². The van der Waals surface area contributed by atoms with Gasteiger partial charge in [-0.3, -0.25) is 9.69 Å². The Kier molecular flexibility index (Phi) is 6.60. The molecule has 8 nitrogen and oxygen atoms in total. The Morgan fingerprint density at radius 1 is 1.18 bits per heavy atom. The molecule has 2 aromatic carbocycles. The summed E-state index contributed by atoms with van der Waals surface area (Å²) in [5, 5.41) is 4.31. The summed E-state index contributed by atoms with van der Waals surface area (Å²) in [6.07, 6.45) is 3.41. The Balaban J connectivity index is 1.29. The second-order valence-corrected chi connectivity index (χ2v) is 9.10. The molecule has 2 aliphatic rings. The van der Waals surface area contributed by atoms with E-state index in [0.717, 1.165) is 67.0 Å². The van der Waals surface area contributed by atoms with Gasteiger partial charge in [0.15, 0.2) is 5.58 Å². The lowest BCUT2D eigenvalue weighted by atomic mass is 9.90. The summed E-state index contributed by atoms with van der Waals surface area (Å²) in [4.78, 5) is 18.8. The van der Waals surface area contributed by atoms with Crippen molar-refractivity contribution in [2.24, 2.45) is 16.8 Å². The van der Waals surface area contributed by atoms with Crippen molar-refractivity contribution in [3.8, 4) is 17.2 Å². The molecule has 1 aromatic heterocycles. The Hall–Kier alpha value is -3.23. The van der Waals surface area contributed by atoms with Crippen molar-refractivity contribution < 1.29 is 13.9 Å². The monoisotopic (exact) mass is 461 g/mol. The third-order valence-electron chi connectivity index (χ3n) is 6.69. The number of rotatable bonds is 7. The van der Waals surface area contributed by atoms with E-state index in [1.54, 1.807) is 0 Å². The number of amides is 1. The van der Waals surface area contributed by atoms with Crippen molar-refractivity contribution in [3.63, 3.8) is 0 Å². The Morgan fingerprint density at radius 3 is 2.85 bits per heavy atom. The van der Waals surface area contributed by atoms with Crippen molar-refractivity contribution in [2.75, 3.05) is 26.2 Å². The largest absolute Gasteiger partial charge is 0.492 e. The van der Waals surface area contributed by atoms with E-state index in [1.165, 1.54) is 0 Å². The number of hydrogen-bond acceptors (Lipinski definition) is 7. The lowest BCUT2D eigenvalue weighted by Gasteiger charge is -2.29. The first-order chi connectivity index (χ1) is 16.6. The molecule has 5 rings (SSSR count). The van der Waals surface area contributed by atoms with Crippen LogP contribution in [0.15, 0.2) is 52.0 Å². The normalized spacial score (nSPS) is 19.8. The number of ether oxygens (including phenoxy) is 1. The maximum Gasteiger partial charge on any atom is 0.240 e. The molecule has 178 valence electrons. The van der Waals surface area contributed by atoms with Crippen molar-refractivity contribution in [2.45, 2.75) is 38.6 Å². The molecule has 3 N–H and O–H groups in total. The Morgan fingerprint density at radius 2 is 2.03 bits per heavy atom. The van der Waals surface area contributed by atoms with Crippen LogP contribution >= 0.6 is 0 Å². The van der Waals surface area contributed by atoms with Gasteiger partial charge in [0, 0.05) is 36.1 Å². The number of oxazole rings is 1. The molecule has 1 amide bonds. The maximum atomic E-state index is 11.7. The van der Waals surface area contributed by atoms with Gasteiger partial charge in [0.2, 0.25) is 11.8 Å². The third-order valence-corrected chi connectivity index (χ3v) is 6.69. The molecule has 3 heterocycles. The van der Waals surface area contributed by atoms with E-state index < -0.39 is 0 Å². The van der Waals surface area contributed by atoms with Gasteiger partial charge in [0.05, 0.1) is 5.71 Å². The fourth-order valence-corrected chi connectivity index (χ4v) is 4.61. The number of nitrogens with zero attached hydrogens (tertiary/aromatic N) is 3. The second-order valence-electron chi connectivity index (χ2n) is 9.10. The average molecular weight is 462 g/mol. The van der Waals surface area contributed by atoms with Crippen molar-refractivity contribution in [1.29, 1.82) is 0 Å². The van der Waals surface area contributed by atoms with Crippen molar-refractivity contribution in [1.82, 2.24) is 15.3 Å². The molecule has 1 atom stereocenters. The lowest BCUT2D eigenvalue weighted by molar-refractivity contribution is -0.122. The summed E-state index contributed by atoms with van der Waals surface area (Å²) < 4.78 is 12.1. The Labute approximate surface area is 199 Å². The van der Waals surface area contributed by atoms with Crippen LogP contribution in [0, 0.1) is 5.92 Å². The summed E-state index contributed by atoms with van der Waals surface area (Å²) in [6, 6.07) is 14.1. The second kappa shape index (κ2) is 9.95. The molecule has 8 heteroatoms. The number of piperidine rings is 1. The minimum Gasteiger partial charge on any atom is -0.492 e. The van der Waals surface area contributed by atoms with Crippen LogP contribution in [0.4, 0.5) is 0 Å². The number of benzene rings is 2. The minimum atomic E-state index is -0.0409. The number of likely N-dealkylation sites (tertiary alicyclic amines) is 1. The highest BCUT2D eigenvalue weighted by molar-refractivity contribution is 6.07.